The van der Waals surface area contributed by atoms with Crippen molar-refractivity contribution in [1.82, 2.24) is 9.88 Å². The van der Waals surface area contributed by atoms with E-state index in [0.29, 0.717) is 17.4 Å². The van der Waals surface area contributed by atoms with Crippen molar-refractivity contribution in [2.45, 2.75) is 39.0 Å². The van der Waals surface area contributed by atoms with Crippen LogP contribution in [0.4, 0.5) is 5.82 Å². The quantitative estimate of drug-likeness (QED) is 0.745. The fourth-order valence-corrected chi connectivity index (χ4v) is 3.40. The molecule has 5 heteroatoms. The minimum absolute atomic E-state index is 0.145. The molecule has 0 bridgehead atoms. The number of pyridine rings is 1. The van der Waals surface area contributed by atoms with Gasteiger partial charge in [0, 0.05) is 38.9 Å². The first-order valence-corrected chi connectivity index (χ1v) is 9.19. The lowest BCUT2D eigenvalue weighted by Gasteiger charge is -2.27. The Morgan fingerprint density at radius 2 is 2.04 bits per heavy atom. The van der Waals surface area contributed by atoms with Crippen LogP contribution < -0.4 is 4.90 Å². The highest BCUT2D eigenvalue weighted by atomic mass is 16.5. The summed E-state index contributed by atoms with van der Waals surface area (Å²) in [6.07, 6.45) is 2.64. The van der Waals surface area contributed by atoms with Crippen LogP contribution in [0.3, 0.4) is 0 Å². The molecule has 1 saturated heterocycles. The van der Waals surface area contributed by atoms with Gasteiger partial charge >= 0.3 is 5.97 Å². The summed E-state index contributed by atoms with van der Waals surface area (Å²) in [5, 5.41) is 0. The Kier molecular flexibility index (Phi) is 5.89. The highest BCUT2D eigenvalue weighted by Gasteiger charge is 2.29. The maximum atomic E-state index is 12.4. The highest BCUT2D eigenvalue weighted by Crippen LogP contribution is 2.24. The molecule has 5 nitrogen and oxygen atoms in total. The van der Waals surface area contributed by atoms with Crippen LogP contribution in [0.5, 0.6) is 0 Å². The lowest BCUT2D eigenvalue weighted by Crippen LogP contribution is -2.36. The van der Waals surface area contributed by atoms with Gasteiger partial charge in [-0.1, -0.05) is 30.3 Å². The molecule has 26 heavy (non-hydrogen) atoms. The first-order valence-electron chi connectivity index (χ1n) is 9.19. The van der Waals surface area contributed by atoms with E-state index in [4.69, 9.17) is 4.74 Å². The fourth-order valence-electron chi connectivity index (χ4n) is 3.40. The van der Waals surface area contributed by atoms with Crippen LogP contribution in [-0.2, 0) is 11.3 Å². The molecule has 1 aliphatic heterocycles. The van der Waals surface area contributed by atoms with Crippen molar-refractivity contribution in [2.24, 2.45) is 0 Å². The zero-order chi connectivity index (χ0) is 18.5. The van der Waals surface area contributed by atoms with Crippen LogP contribution >= 0.6 is 0 Å². The second-order valence-electron chi connectivity index (χ2n) is 7.10. The van der Waals surface area contributed by atoms with Crippen molar-refractivity contribution >= 4 is 11.8 Å². The van der Waals surface area contributed by atoms with Crippen molar-refractivity contribution in [3.8, 4) is 0 Å². The maximum Gasteiger partial charge on any atom is 0.342 e. The van der Waals surface area contributed by atoms with E-state index in [1.54, 1.807) is 18.3 Å². The topological polar surface area (TPSA) is 45.7 Å². The first kappa shape index (κ1) is 18.4. The molecule has 0 amide bonds. The van der Waals surface area contributed by atoms with Crippen molar-refractivity contribution in [1.29, 1.82) is 0 Å². The van der Waals surface area contributed by atoms with E-state index in [-0.39, 0.29) is 12.1 Å². The Morgan fingerprint density at radius 3 is 2.77 bits per heavy atom. The van der Waals surface area contributed by atoms with Gasteiger partial charge in [-0.2, -0.15) is 0 Å². The summed E-state index contributed by atoms with van der Waals surface area (Å²) in [6, 6.07) is 14.4. The molecule has 0 saturated carbocycles. The molecular weight excluding hydrogens is 326 g/mol. The van der Waals surface area contributed by atoms with Crippen LogP contribution in [0, 0.1) is 0 Å². The van der Waals surface area contributed by atoms with Crippen LogP contribution in [0.2, 0.25) is 0 Å². The number of anilines is 1. The number of nitrogens with zero attached hydrogens (tertiary/aromatic N) is 3. The molecule has 1 aromatic carbocycles. The van der Waals surface area contributed by atoms with E-state index in [2.05, 4.69) is 39.0 Å². The molecule has 0 N–H and O–H groups in total. The van der Waals surface area contributed by atoms with Crippen LogP contribution in [-0.4, -0.2) is 48.1 Å². The Balaban J connectivity index is 1.68. The number of aromatic nitrogens is 1. The van der Waals surface area contributed by atoms with Gasteiger partial charge in [0.15, 0.2) is 0 Å². The number of benzene rings is 1. The second-order valence-corrected chi connectivity index (χ2v) is 7.10. The predicted molar refractivity (Wildman–Crippen MR) is 103 cm³/mol. The van der Waals surface area contributed by atoms with Gasteiger partial charge in [0.25, 0.3) is 0 Å². The Morgan fingerprint density at radius 1 is 1.27 bits per heavy atom. The van der Waals surface area contributed by atoms with E-state index < -0.39 is 0 Å². The van der Waals surface area contributed by atoms with E-state index in [0.717, 1.165) is 26.1 Å². The summed E-state index contributed by atoms with van der Waals surface area (Å²) in [7, 11) is 2.02. The number of ether oxygens (including phenoxy) is 1. The van der Waals surface area contributed by atoms with E-state index >= 15 is 0 Å². The molecule has 0 radical (unpaired) electrons. The zero-order valence-corrected chi connectivity index (χ0v) is 15.8. The Labute approximate surface area is 155 Å². The number of hydrogen-bond donors (Lipinski definition) is 0. The van der Waals surface area contributed by atoms with Crippen LogP contribution in [0.15, 0.2) is 48.7 Å². The Hall–Kier alpha value is -2.40. The minimum Gasteiger partial charge on any atom is -0.459 e. The Bertz CT molecular complexity index is 733. The maximum absolute atomic E-state index is 12.4. The normalized spacial score (nSPS) is 17.5. The van der Waals surface area contributed by atoms with Gasteiger partial charge in [-0.25, -0.2) is 9.78 Å². The molecule has 1 aromatic heterocycles. The summed E-state index contributed by atoms with van der Waals surface area (Å²) in [4.78, 5) is 21.4. The molecule has 2 heterocycles. The summed E-state index contributed by atoms with van der Waals surface area (Å²) < 4.78 is 5.37. The fraction of sp³-hybridized carbons (Fsp3) is 0.429. The average Bonchev–Trinajstić information content (AvgIpc) is 3.10. The van der Waals surface area contributed by atoms with E-state index in [1.807, 2.05) is 27.0 Å². The molecule has 0 aliphatic carbocycles. The van der Waals surface area contributed by atoms with Crippen molar-refractivity contribution in [3.63, 3.8) is 0 Å². The van der Waals surface area contributed by atoms with Gasteiger partial charge < -0.3 is 9.64 Å². The third-order valence-corrected chi connectivity index (χ3v) is 4.73. The molecule has 2 aromatic rings. The lowest BCUT2D eigenvalue weighted by atomic mass is 10.2. The minimum atomic E-state index is -0.311. The molecule has 0 unspecified atom stereocenters. The second kappa shape index (κ2) is 8.32. The van der Waals surface area contributed by atoms with E-state index in [1.165, 1.54) is 5.56 Å². The summed E-state index contributed by atoms with van der Waals surface area (Å²) in [5.74, 6) is 0.388. The molecule has 1 atom stereocenters. The number of esters is 1. The average molecular weight is 353 g/mol. The third kappa shape index (κ3) is 4.41. The van der Waals surface area contributed by atoms with Crippen molar-refractivity contribution in [3.05, 3.63) is 59.8 Å². The SMILES string of the molecule is CC(C)OC(=O)c1cccnc1N(C)[C@@H]1CCN(Cc2ccccc2)C1. The molecule has 138 valence electrons. The third-order valence-electron chi connectivity index (χ3n) is 4.73. The largest absolute Gasteiger partial charge is 0.459 e. The summed E-state index contributed by atoms with van der Waals surface area (Å²) >= 11 is 0. The number of carbonyl (C=O) groups is 1. The monoisotopic (exact) mass is 353 g/mol. The highest BCUT2D eigenvalue weighted by molar-refractivity contribution is 5.94. The molecule has 0 spiro atoms. The zero-order valence-electron chi connectivity index (χ0n) is 15.8. The number of likely N-dealkylation sites (N-methyl/N-ethyl adjacent to an activating group) is 1. The summed E-state index contributed by atoms with van der Waals surface area (Å²) in [6.45, 7) is 6.67. The molecule has 1 fully saturated rings. The van der Waals surface area contributed by atoms with Crippen LogP contribution in [0.25, 0.3) is 0 Å². The lowest BCUT2D eigenvalue weighted by molar-refractivity contribution is 0.0378. The standard InChI is InChI=1S/C21H27N3O2/c1-16(2)26-21(25)19-10-7-12-22-20(19)23(3)18-11-13-24(15-18)14-17-8-5-4-6-9-17/h4-10,12,16,18H,11,13-15H2,1-3H3/t18-/m1/s1. The van der Waals surface area contributed by atoms with Crippen molar-refractivity contribution < 1.29 is 9.53 Å². The van der Waals surface area contributed by atoms with Gasteiger partial charge in [-0.3, -0.25) is 4.90 Å². The summed E-state index contributed by atoms with van der Waals surface area (Å²) in [5.41, 5.74) is 1.86. The van der Waals surface area contributed by atoms with Gasteiger partial charge in [-0.05, 0) is 38.0 Å². The molecule has 3 rings (SSSR count). The van der Waals surface area contributed by atoms with Crippen LogP contribution in [0.1, 0.15) is 36.2 Å². The molecule has 1 aliphatic rings. The number of carbonyl (C=O) groups excluding carboxylic acids is 1. The number of likely N-dealkylation sites (tertiary alicyclic amines) is 1. The molecular formula is C21H27N3O2. The van der Waals surface area contributed by atoms with Gasteiger partial charge in [0.05, 0.1) is 6.10 Å². The van der Waals surface area contributed by atoms with Gasteiger partial charge in [0.2, 0.25) is 0 Å². The first-order chi connectivity index (χ1) is 12.5. The smallest absolute Gasteiger partial charge is 0.342 e. The van der Waals surface area contributed by atoms with Crippen molar-refractivity contribution in [2.75, 3.05) is 25.0 Å². The number of rotatable bonds is 6. The van der Waals surface area contributed by atoms with Gasteiger partial charge in [-0.15, -0.1) is 0 Å². The van der Waals surface area contributed by atoms with Gasteiger partial charge in [0.1, 0.15) is 11.4 Å². The predicted octanol–water partition coefficient (Wildman–Crippen LogP) is 3.36. The van der Waals surface area contributed by atoms with E-state index in [9.17, 15) is 4.79 Å². The number of hydrogen-bond acceptors (Lipinski definition) is 5.